The summed E-state index contributed by atoms with van der Waals surface area (Å²) in [5.74, 6) is -4.45. The van der Waals surface area contributed by atoms with Crippen molar-refractivity contribution in [3.05, 3.63) is 34.1 Å². The highest BCUT2D eigenvalue weighted by atomic mass is 79.9. The first-order chi connectivity index (χ1) is 8.85. The minimum Gasteiger partial charge on any atom is -0.207 e. The molecule has 9 heteroatoms. The summed E-state index contributed by atoms with van der Waals surface area (Å²) in [6.45, 7) is 1.21. The molecule has 0 radical (unpaired) electrons. The molecule has 0 bridgehead atoms. The molecule has 0 nitrogen and oxygen atoms in total. The lowest BCUT2D eigenvalue weighted by Crippen LogP contribution is -2.39. The molecule has 1 unspecified atom stereocenters. The van der Waals surface area contributed by atoms with Gasteiger partial charge >= 0.3 is 12.4 Å². The second-order valence-corrected chi connectivity index (χ2v) is 5.48. The number of hydrogen-bond donors (Lipinski definition) is 0. The standard InChI is InChI=1S/C11H7BrClF7/c1-4-2-5(6(13)3-7(4)14)8(12)9(10(15,16)17)11(18,19)20/h2-3,8-9H,1H3. The lowest BCUT2D eigenvalue weighted by molar-refractivity contribution is -0.283. The van der Waals surface area contributed by atoms with Crippen LogP contribution >= 0.6 is 27.5 Å². The Morgan fingerprint density at radius 3 is 1.90 bits per heavy atom. The third-order valence-corrected chi connectivity index (χ3v) is 3.92. The minimum atomic E-state index is -5.52. The van der Waals surface area contributed by atoms with E-state index in [2.05, 4.69) is 15.9 Å². The Hall–Kier alpha value is -0.500. The summed E-state index contributed by atoms with van der Waals surface area (Å²) in [7, 11) is 0. The minimum absolute atomic E-state index is 0.100. The molecule has 114 valence electrons. The molecule has 1 atom stereocenters. The van der Waals surface area contributed by atoms with Gasteiger partial charge in [-0.15, -0.1) is 0 Å². The summed E-state index contributed by atoms with van der Waals surface area (Å²) in [6, 6.07) is 1.55. The highest BCUT2D eigenvalue weighted by Gasteiger charge is 2.60. The molecule has 0 aliphatic rings. The first kappa shape index (κ1) is 17.6. The van der Waals surface area contributed by atoms with E-state index >= 15 is 0 Å². The molecule has 0 saturated heterocycles. The van der Waals surface area contributed by atoms with E-state index in [1.54, 1.807) is 0 Å². The number of alkyl halides is 7. The van der Waals surface area contributed by atoms with Crippen LogP contribution < -0.4 is 0 Å². The average Bonchev–Trinajstić information content (AvgIpc) is 2.18. The van der Waals surface area contributed by atoms with Gasteiger partial charge in [-0.3, -0.25) is 0 Å². The summed E-state index contributed by atoms with van der Waals surface area (Å²) < 4.78 is 88.7. The van der Waals surface area contributed by atoms with Crippen molar-refractivity contribution >= 4 is 27.5 Å². The zero-order chi connectivity index (χ0) is 15.9. The molecule has 1 aromatic carbocycles. The smallest absolute Gasteiger partial charge is 0.207 e. The van der Waals surface area contributed by atoms with E-state index in [4.69, 9.17) is 11.6 Å². The van der Waals surface area contributed by atoms with Crippen LogP contribution in [0.2, 0.25) is 5.02 Å². The molecule has 0 aliphatic carbocycles. The van der Waals surface area contributed by atoms with Crippen LogP contribution in [0.1, 0.15) is 16.0 Å². The van der Waals surface area contributed by atoms with Crippen molar-refractivity contribution in [1.29, 1.82) is 0 Å². The molecule has 0 aromatic heterocycles. The van der Waals surface area contributed by atoms with Crippen molar-refractivity contribution in [3.8, 4) is 0 Å². The highest BCUT2D eigenvalue weighted by molar-refractivity contribution is 9.09. The monoisotopic (exact) mass is 386 g/mol. The van der Waals surface area contributed by atoms with E-state index in [0.29, 0.717) is 6.07 Å². The van der Waals surface area contributed by atoms with E-state index in [9.17, 15) is 30.7 Å². The van der Waals surface area contributed by atoms with Gasteiger partial charge in [0.2, 0.25) is 0 Å². The molecule has 20 heavy (non-hydrogen) atoms. The molecule has 0 heterocycles. The van der Waals surface area contributed by atoms with Crippen LogP contribution in [0.4, 0.5) is 30.7 Å². The maximum absolute atomic E-state index is 13.1. The van der Waals surface area contributed by atoms with Gasteiger partial charge in [0.1, 0.15) is 5.82 Å². The van der Waals surface area contributed by atoms with E-state index in [1.807, 2.05) is 0 Å². The fourth-order valence-corrected chi connectivity index (χ4v) is 2.97. The third kappa shape index (κ3) is 3.78. The fraction of sp³-hybridized carbons (Fsp3) is 0.455. The van der Waals surface area contributed by atoms with Crippen molar-refractivity contribution in [1.82, 2.24) is 0 Å². The van der Waals surface area contributed by atoms with E-state index < -0.39 is 39.5 Å². The van der Waals surface area contributed by atoms with Gasteiger partial charge in [0.05, 0.1) is 4.83 Å². The van der Waals surface area contributed by atoms with Crippen LogP contribution in [0.25, 0.3) is 0 Å². The second kappa shape index (κ2) is 5.71. The van der Waals surface area contributed by atoms with Gasteiger partial charge in [0, 0.05) is 5.02 Å². The molecule has 1 aromatic rings. The summed E-state index contributed by atoms with van der Waals surface area (Å²) in [4.78, 5) is -2.16. The Kier molecular flexibility index (Phi) is 5.01. The predicted octanol–water partition coefficient (Wildman–Crippen LogP) is 5.96. The largest absolute Gasteiger partial charge is 0.401 e. The van der Waals surface area contributed by atoms with Crippen molar-refractivity contribution < 1.29 is 30.7 Å². The Morgan fingerprint density at radius 1 is 1.05 bits per heavy atom. The van der Waals surface area contributed by atoms with Crippen molar-refractivity contribution in [3.63, 3.8) is 0 Å². The van der Waals surface area contributed by atoms with Crippen LogP contribution in [0.5, 0.6) is 0 Å². The quantitative estimate of drug-likeness (QED) is 0.434. The zero-order valence-electron chi connectivity index (χ0n) is 9.71. The molecule has 0 saturated carbocycles. The third-order valence-electron chi connectivity index (χ3n) is 2.57. The van der Waals surface area contributed by atoms with Gasteiger partial charge in [-0.25, -0.2) is 4.39 Å². The first-order valence-corrected chi connectivity index (χ1v) is 6.38. The molecule has 0 N–H and O–H groups in total. The van der Waals surface area contributed by atoms with Crippen LogP contribution in [-0.2, 0) is 0 Å². The maximum atomic E-state index is 13.1. The molecule has 0 amide bonds. The van der Waals surface area contributed by atoms with Crippen molar-refractivity contribution in [2.75, 3.05) is 0 Å². The summed E-state index contributed by atoms with van der Waals surface area (Å²) in [5, 5.41) is -0.506. The Bertz CT molecular complexity index is 481. The van der Waals surface area contributed by atoms with Crippen LogP contribution in [0, 0.1) is 18.7 Å². The lowest BCUT2D eigenvalue weighted by Gasteiger charge is -2.28. The Balaban J connectivity index is 3.34. The summed E-state index contributed by atoms with van der Waals surface area (Å²) >= 11 is 7.92. The number of rotatable bonds is 2. The van der Waals surface area contributed by atoms with Crippen LogP contribution in [0.3, 0.4) is 0 Å². The van der Waals surface area contributed by atoms with E-state index in [0.717, 1.165) is 6.07 Å². The van der Waals surface area contributed by atoms with Gasteiger partial charge in [0.15, 0.2) is 5.92 Å². The number of hydrogen-bond acceptors (Lipinski definition) is 0. The fourth-order valence-electron chi connectivity index (χ4n) is 1.59. The SMILES string of the molecule is Cc1cc(C(Br)C(C(F)(F)F)C(F)(F)F)c(Cl)cc1F. The topological polar surface area (TPSA) is 0 Å². The van der Waals surface area contributed by atoms with Gasteiger partial charge in [-0.05, 0) is 24.1 Å². The Morgan fingerprint density at radius 2 is 1.50 bits per heavy atom. The molecular weight excluding hydrogens is 380 g/mol. The van der Waals surface area contributed by atoms with Crippen LogP contribution in [0.15, 0.2) is 12.1 Å². The molecule has 1 rings (SSSR count). The van der Waals surface area contributed by atoms with Gasteiger partial charge < -0.3 is 0 Å². The maximum Gasteiger partial charge on any atom is 0.401 e. The molecule has 0 fully saturated rings. The normalized spacial score (nSPS) is 14.8. The first-order valence-electron chi connectivity index (χ1n) is 5.08. The van der Waals surface area contributed by atoms with Crippen molar-refractivity contribution in [2.24, 2.45) is 5.92 Å². The van der Waals surface area contributed by atoms with Gasteiger partial charge in [-0.2, -0.15) is 26.3 Å². The van der Waals surface area contributed by atoms with E-state index in [1.165, 1.54) is 6.92 Å². The summed E-state index contributed by atoms with van der Waals surface area (Å²) in [5.41, 5.74) is -0.567. The summed E-state index contributed by atoms with van der Waals surface area (Å²) in [6.07, 6.45) is -11.0. The van der Waals surface area contributed by atoms with Gasteiger partial charge in [0.25, 0.3) is 0 Å². The second-order valence-electron chi connectivity index (χ2n) is 4.09. The van der Waals surface area contributed by atoms with Gasteiger partial charge in [-0.1, -0.05) is 33.6 Å². The number of aryl methyl sites for hydroxylation is 1. The molecule has 0 spiro atoms. The highest BCUT2D eigenvalue weighted by Crippen LogP contribution is 2.51. The van der Waals surface area contributed by atoms with Crippen LogP contribution in [-0.4, -0.2) is 12.4 Å². The molecule has 0 aliphatic heterocycles. The molecular formula is C11H7BrClF7. The van der Waals surface area contributed by atoms with E-state index in [-0.39, 0.29) is 5.56 Å². The van der Waals surface area contributed by atoms with Crippen molar-refractivity contribution in [2.45, 2.75) is 24.1 Å². The average molecular weight is 388 g/mol. The lowest BCUT2D eigenvalue weighted by atomic mass is 9.96. The number of halogens is 9. The Labute approximate surface area is 123 Å². The number of benzene rings is 1. The predicted molar refractivity (Wildman–Crippen MR) is 63.4 cm³/mol. The zero-order valence-corrected chi connectivity index (χ0v) is 12.1.